The van der Waals surface area contributed by atoms with Gasteiger partial charge in [-0.25, -0.2) is 14.4 Å². The molecule has 3 aromatic rings. The van der Waals surface area contributed by atoms with Crippen LogP contribution < -0.4 is 10.1 Å². The fourth-order valence-electron chi connectivity index (χ4n) is 2.24. The number of halogens is 1. The maximum absolute atomic E-state index is 13.0. The van der Waals surface area contributed by atoms with Crippen LogP contribution in [0.4, 0.5) is 10.1 Å². The number of ether oxygens (including phenoxy) is 1. The van der Waals surface area contributed by atoms with Gasteiger partial charge in [-0.1, -0.05) is 12.1 Å². The highest BCUT2D eigenvalue weighted by Crippen LogP contribution is 2.24. The molecule has 2 aromatic carbocycles. The molecule has 0 saturated heterocycles. The number of rotatable bonds is 5. The molecule has 1 aromatic heterocycles. The van der Waals surface area contributed by atoms with E-state index in [1.54, 1.807) is 24.3 Å². The first-order chi connectivity index (χ1) is 12.2. The summed E-state index contributed by atoms with van der Waals surface area (Å²) >= 11 is 0. The second-order valence-electron chi connectivity index (χ2n) is 5.19. The van der Waals surface area contributed by atoms with E-state index in [-0.39, 0.29) is 11.7 Å². The van der Waals surface area contributed by atoms with Crippen LogP contribution in [0.1, 0.15) is 17.3 Å². The van der Waals surface area contributed by atoms with Gasteiger partial charge in [-0.15, -0.1) is 0 Å². The SMILES string of the molecule is CCOc1ccccc1NC(=O)c1cnc(-c2ccc(F)cc2)nc1. The highest BCUT2D eigenvalue weighted by Gasteiger charge is 2.11. The van der Waals surface area contributed by atoms with Crippen molar-refractivity contribution in [2.75, 3.05) is 11.9 Å². The lowest BCUT2D eigenvalue weighted by Gasteiger charge is -2.11. The fourth-order valence-corrected chi connectivity index (χ4v) is 2.24. The van der Waals surface area contributed by atoms with Crippen LogP contribution in [0.25, 0.3) is 11.4 Å². The Labute approximate surface area is 144 Å². The van der Waals surface area contributed by atoms with Gasteiger partial charge in [0, 0.05) is 18.0 Å². The van der Waals surface area contributed by atoms with Gasteiger partial charge in [0.25, 0.3) is 5.91 Å². The molecular formula is C19H16FN3O2. The van der Waals surface area contributed by atoms with Crippen molar-refractivity contribution in [1.82, 2.24) is 9.97 Å². The summed E-state index contributed by atoms with van der Waals surface area (Å²) in [5.74, 6) is 0.360. The van der Waals surface area contributed by atoms with E-state index in [9.17, 15) is 9.18 Å². The number of hydrogen-bond acceptors (Lipinski definition) is 4. The molecule has 0 aliphatic rings. The van der Waals surface area contributed by atoms with Crippen LogP contribution in [-0.2, 0) is 0 Å². The molecule has 0 atom stereocenters. The maximum Gasteiger partial charge on any atom is 0.258 e. The molecule has 0 aliphatic heterocycles. The molecule has 25 heavy (non-hydrogen) atoms. The molecule has 3 rings (SSSR count). The van der Waals surface area contributed by atoms with Crippen molar-refractivity contribution in [1.29, 1.82) is 0 Å². The van der Waals surface area contributed by atoms with Crippen molar-refractivity contribution < 1.29 is 13.9 Å². The van der Waals surface area contributed by atoms with Crippen molar-refractivity contribution in [2.24, 2.45) is 0 Å². The number of para-hydroxylation sites is 2. The Hall–Kier alpha value is -3.28. The average molecular weight is 337 g/mol. The minimum Gasteiger partial charge on any atom is -0.492 e. The summed E-state index contributed by atoms with van der Waals surface area (Å²) in [6, 6.07) is 13.0. The van der Waals surface area contributed by atoms with Gasteiger partial charge in [-0.2, -0.15) is 0 Å². The van der Waals surface area contributed by atoms with Gasteiger partial charge < -0.3 is 10.1 Å². The summed E-state index contributed by atoms with van der Waals surface area (Å²) in [6.45, 7) is 2.38. The number of nitrogens with zero attached hydrogens (tertiary/aromatic N) is 2. The number of carbonyl (C=O) groups excluding carboxylic acids is 1. The van der Waals surface area contributed by atoms with Crippen LogP contribution in [0.5, 0.6) is 5.75 Å². The lowest BCUT2D eigenvalue weighted by Crippen LogP contribution is -2.13. The zero-order valence-corrected chi connectivity index (χ0v) is 13.6. The Morgan fingerprint density at radius 1 is 1.08 bits per heavy atom. The number of aromatic nitrogens is 2. The number of carbonyl (C=O) groups is 1. The first-order valence-corrected chi connectivity index (χ1v) is 7.78. The highest BCUT2D eigenvalue weighted by molar-refractivity contribution is 6.04. The van der Waals surface area contributed by atoms with Crippen molar-refractivity contribution in [3.8, 4) is 17.1 Å². The van der Waals surface area contributed by atoms with Crippen LogP contribution in [-0.4, -0.2) is 22.5 Å². The number of hydrogen-bond donors (Lipinski definition) is 1. The Morgan fingerprint density at radius 2 is 1.76 bits per heavy atom. The highest BCUT2D eigenvalue weighted by atomic mass is 19.1. The minimum absolute atomic E-state index is 0.317. The molecule has 1 heterocycles. The molecular weight excluding hydrogens is 321 g/mol. The summed E-state index contributed by atoms with van der Waals surface area (Å²) < 4.78 is 18.4. The molecule has 6 heteroatoms. The first kappa shape index (κ1) is 16.6. The minimum atomic E-state index is -0.335. The van der Waals surface area contributed by atoms with Crippen LogP contribution in [0.3, 0.4) is 0 Å². The molecule has 5 nitrogen and oxygen atoms in total. The largest absolute Gasteiger partial charge is 0.492 e. The monoisotopic (exact) mass is 337 g/mol. The van der Waals surface area contributed by atoms with Crippen molar-refractivity contribution >= 4 is 11.6 Å². The Balaban J connectivity index is 1.76. The van der Waals surface area contributed by atoms with E-state index in [2.05, 4.69) is 15.3 Å². The van der Waals surface area contributed by atoms with E-state index in [0.29, 0.717) is 35.0 Å². The normalized spacial score (nSPS) is 10.3. The lowest BCUT2D eigenvalue weighted by atomic mass is 10.2. The van der Waals surface area contributed by atoms with Crippen LogP contribution in [0.2, 0.25) is 0 Å². The first-order valence-electron chi connectivity index (χ1n) is 7.78. The summed E-state index contributed by atoms with van der Waals surface area (Å²) in [7, 11) is 0. The third-order valence-corrected chi connectivity index (χ3v) is 3.45. The second-order valence-corrected chi connectivity index (χ2v) is 5.19. The van der Waals surface area contributed by atoms with Crippen LogP contribution in [0, 0.1) is 5.82 Å². The molecule has 0 unspecified atom stereocenters. The quantitative estimate of drug-likeness (QED) is 0.766. The number of nitrogens with one attached hydrogen (secondary N) is 1. The summed E-state index contributed by atoms with van der Waals surface area (Å²) in [6.07, 6.45) is 2.87. The zero-order chi connectivity index (χ0) is 17.6. The third-order valence-electron chi connectivity index (χ3n) is 3.45. The smallest absolute Gasteiger partial charge is 0.258 e. The predicted octanol–water partition coefficient (Wildman–Crippen LogP) is 3.93. The third kappa shape index (κ3) is 3.98. The molecule has 0 radical (unpaired) electrons. The van der Waals surface area contributed by atoms with Gasteiger partial charge in [0.1, 0.15) is 11.6 Å². The second kappa shape index (κ2) is 7.53. The van der Waals surface area contributed by atoms with E-state index in [4.69, 9.17) is 4.74 Å². The standard InChI is InChI=1S/C19H16FN3O2/c1-2-25-17-6-4-3-5-16(17)23-19(24)14-11-21-18(22-12-14)13-7-9-15(20)10-8-13/h3-12H,2H2,1H3,(H,23,24). The Kier molecular flexibility index (Phi) is 4.99. The van der Waals surface area contributed by atoms with E-state index >= 15 is 0 Å². The molecule has 0 bridgehead atoms. The van der Waals surface area contributed by atoms with Gasteiger partial charge in [-0.3, -0.25) is 4.79 Å². The zero-order valence-electron chi connectivity index (χ0n) is 13.6. The van der Waals surface area contributed by atoms with Crippen LogP contribution >= 0.6 is 0 Å². The Morgan fingerprint density at radius 3 is 2.44 bits per heavy atom. The lowest BCUT2D eigenvalue weighted by molar-refractivity contribution is 0.102. The molecule has 1 amide bonds. The van der Waals surface area contributed by atoms with E-state index in [1.807, 2.05) is 19.1 Å². The number of benzene rings is 2. The molecule has 0 fully saturated rings. The average Bonchev–Trinajstić information content (AvgIpc) is 2.64. The predicted molar refractivity (Wildman–Crippen MR) is 93.0 cm³/mol. The van der Waals surface area contributed by atoms with E-state index in [1.165, 1.54) is 24.5 Å². The van der Waals surface area contributed by atoms with Gasteiger partial charge in [-0.05, 0) is 43.3 Å². The molecule has 0 aliphatic carbocycles. The molecule has 126 valence electrons. The summed E-state index contributed by atoms with van der Waals surface area (Å²) in [4.78, 5) is 20.7. The van der Waals surface area contributed by atoms with Crippen molar-refractivity contribution in [2.45, 2.75) is 6.92 Å². The molecule has 1 N–H and O–H groups in total. The van der Waals surface area contributed by atoms with Gasteiger partial charge in [0.15, 0.2) is 5.82 Å². The Bertz CT molecular complexity index is 865. The van der Waals surface area contributed by atoms with Crippen LogP contribution in [0.15, 0.2) is 60.9 Å². The van der Waals surface area contributed by atoms with Gasteiger partial charge in [0.05, 0.1) is 17.9 Å². The number of amides is 1. The van der Waals surface area contributed by atoms with E-state index < -0.39 is 0 Å². The van der Waals surface area contributed by atoms with Gasteiger partial charge >= 0.3 is 0 Å². The maximum atomic E-state index is 13.0. The van der Waals surface area contributed by atoms with Gasteiger partial charge in [0.2, 0.25) is 0 Å². The fraction of sp³-hybridized carbons (Fsp3) is 0.105. The molecule has 0 spiro atoms. The molecule has 0 saturated carbocycles. The topological polar surface area (TPSA) is 64.1 Å². The van der Waals surface area contributed by atoms with Crippen molar-refractivity contribution in [3.63, 3.8) is 0 Å². The number of anilines is 1. The summed E-state index contributed by atoms with van der Waals surface area (Å²) in [5, 5.41) is 2.78. The van der Waals surface area contributed by atoms with Crippen molar-refractivity contribution in [3.05, 3.63) is 72.3 Å². The van der Waals surface area contributed by atoms with E-state index in [0.717, 1.165) is 0 Å². The summed E-state index contributed by atoms with van der Waals surface area (Å²) in [5.41, 5.74) is 1.57.